The number of nitrogens with one attached hydrogen (secondary N) is 1. The lowest BCUT2D eigenvalue weighted by Gasteiger charge is -2.44. The van der Waals surface area contributed by atoms with Crippen LogP contribution >= 0.6 is 35.7 Å². The number of esters is 3. The van der Waals surface area contributed by atoms with Crippen LogP contribution < -0.4 is 5.32 Å². The number of ether oxygens (including phenoxy) is 6. The van der Waals surface area contributed by atoms with E-state index >= 15 is 0 Å². The lowest BCUT2D eigenvalue weighted by Crippen LogP contribution is -2.60. The summed E-state index contributed by atoms with van der Waals surface area (Å²) in [6.07, 6.45) is 10.4. The van der Waals surface area contributed by atoms with Crippen molar-refractivity contribution in [3.8, 4) is 0 Å². The fourth-order valence-corrected chi connectivity index (χ4v) is 8.40. The lowest BCUT2D eigenvalue weighted by molar-refractivity contribution is -0.243. The summed E-state index contributed by atoms with van der Waals surface area (Å²) in [6, 6.07) is -0.843. The maximum Gasteiger partial charge on any atom is 0.313 e. The summed E-state index contributed by atoms with van der Waals surface area (Å²) in [5.41, 5.74) is 7.34. The molecule has 0 bridgehead atoms. The largest absolute Gasteiger partial charge is 0.463 e. The van der Waals surface area contributed by atoms with Gasteiger partial charge < -0.3 is 33.7 Å². The number of thioether (sulfide) groups is 2. The van der Waals surface area contributed by atoms with Crippen LogP contribution in [0.4, 0.5) is 0 Å². The average Bonchev–Trinajstić information content (AvgIpc) is 3.13. The van der Waals surface area contributed by atoms with Crippen LogP contribution in [-0.2, 0) is 47.6 Å². The number of hydrogen-bond acceptors (Lipinski definition) is 14. The highest BCUT2D eigenvalue weighted by Crippen LogP contribution is 2.37. The zero-order chi connectivity index (χ0) is 40.4. The molecule has 1 rings (SSSR count). The van der Waals surface area contributed by atoms with Gasteiger partial charge in [0, 0.05) is 24.7 Å². The van der Waals surface area contributed by atoms with Crippen molar-refractivity contribution in [2.45, 2.75) is 124 Å². The highest BCUT2D eigenvalue weighted by molar-refractivity contribution is 8.47. The summed E-state index contributed by atoms with van der Waals surface area (Å²) in [4.78, 5) is 54.6. The highest BCUT2D eigenvalue weighted by atomic mass is 32.2. The molecule has 310 valence electrons. The third-order valence-electron chi connectivity index (χ3n) is 9.53. The first-order valence-corrected chi connectivity index (χ1v) is 21.5. The first-order chi connectivity index (χ1) is 25.8. The van der Waals surface area contributed by atoms with E-state index in [1.807, 2.05) is 13.8 Å². The van der Waals surface area contributed by atoms with Gasteiger partial charge in [0.15, 0.2) is 0 Å². The van der Waals surface area contributed by atoms with Gasteiger partial charge in [0.2, 0.25) is 12.2 Å². The van der Waals surface area contributed by atoms with Gasteiger partial charge in [-0.05, 0) is 43.4 Å². The van der Waals surface area contributed by atoms with E-state index in [2.05, 4.69) is 22.3 Å². The van der Waals surface area contributed by atoms with Crippen molar-refractivity contribution in [1.82, 2.24) is 5.32 Å². The van der Waals surface area contributed by atoms with Crippen molar-refractivity contribution >= 4 is 63.1 Å². The summed E-state index contributed by atoms with van der Waals surface area (Å²) in [7, 11) is 1.56. The molecule has 6 atom stereocenters. The van der Waals surface area contributed by atoms with E-state index in [1.165, 1.54) is 70.1 Å². The molecule has 1 aliphatic rings. The molecule has 17 heteroatoms. The van der Waals surface area contributed by atoms with Crippen LogP contribution in [0.1, 0.15) is 106 Å². The second-order valence-corrected chi connectivity index (χ2v) is 17.4. The Morgan fingerprint density at radius 3 is 2.17 bits per heavy atom. The zero-order valence-electron chi connectivity index (χ0n) is 33.3. The Morgan fingerprint density at radius 1 is 0.926 bits per heavy atom. The maximum atomic E-state index is 14.2. The van der Waals surface area contributed by atoms with E-state index < -0.39 is 60.1 Å². The van der Waals surface area contributed by atoms with Crippen molar-refractivity contribution in [3.63, 3.8) is 0 Å². The minimum Gasteiger partial charge on any atom is -0.463 e. The monoisotopic (exact) mass is 820 g/mol. The third-order valence-corrected chi connectivity index (χ3v) is 12.4. The fourth-order valence-electron chi connectivity index (χ4n) is 5.78. The van der Waals surface area contributed by atoms with Crippen LogP contribution in [0.5, 0.6) is 0 Å². The van der Waals surface area contributed by atoms with Crippen molar-refractivity contribution in [2.75, 3.05) is 58.2 Å². The number of hydrogen-bond donors (Lipinski definition) is 1. The van der Waals surface area contributed by atoms with Crippen LogP contribution in [0.25, 0.3) is 10.4 Å². The van der Waals surface area contributed by atoms with Gasteiger partial charge in [0.05, 0.1) is 43.3 Å². The molecule has 1 saturated heterocycles. The van der Waals surface area contributed by atoms with Crippen LogP contribution in [0.2, 0.25) is 0 Å². The molecule has 0 aliphatic carbocycles. The summed E-state index contributed by atoms with van der Waals surface area (Å²) in [5.74, 6) is -3.09. The van der Waals surface area contributed by atoms with E-state index in [0.717, 1.165) is 18.6 Å². The Morgan fingerprint density at radius 2 is 1.56 bits per heavy atom. The normalized spacial score (nSPS) is 20.3. The second kappa shape index (κ2) is 29.1. The van der Waals surface area contributed by atoms with Gasteiger partial charge in [0.25, 0.3) is 0 Å². The molecular formula is C37H64N4O10S3. The van der Waals surface area contributed by atoms with Gasteiger partial charge in [-0.3, -0.25) is 19.2 Å². The van der Waals surface area contributed by atoms with Gasteiger partial charge >= 0.3 is 17.9 Å². The zero-order valence-corrected chi connectivity index (χ0v) is 35.8. The topological polar surface area (TPSA) is 184 Å². The number of azide groups is 1. The van der Waals surface area contributed by atoms with E-state index in [4.69, 9.17) is 46.2 Å². The molecule has 1 aliphatic heterocycles. The number of carbonyl (C=O) groups is 4. The fraction of sp³-hybridized carbons (Fsp3) is 0.865. The molecule has 1 fully saturated rings. The van der Waals surface area contributed by atoms with Gasteiger partial charge in [0.1, 0.15) is 23.3 Å². The maximum absolute atomic E-state index is 14.2. The number of unbranched alkanes of at least 4 members (excludes halogenated alkanes) is 9. The van der Waals surface area contributed by atoms with Gasteiger partial charge in [-0.2, -0.15) is 0 Å². The molecule has 1 heterocycles. The number of thiocarbonyl (C=S) groups is 1. The van der Waals surface area contributed by atoms with E-state index in [1.54, 1.807) is 32.7 Å². The predicted octanol–water partition coefficient (Wildman–Crippen LogP) is 7.41. The van der Waals surface area contributed by atoms with E-state index in [-0.39, 0.29) is 37.4 Å². The second-order valence-electron chi connectivity index (χ2n) is 14.1. The number of carbonyl (C=O) groups excluding carboxylic acids is 4. The van der Waals surface area contributed by atoms with Crippen LogP contribution in [-0.4, -0.2) is 104 Å². The SMILES string of the molecule is CCCCCCCCCCCCSC(=S)SCC(C(=O)O[C@@H]1OC(COC(C)=O)[C@@H](C)[C@H](C)C1NC(=O)CN=[N+]=[N-])C(C)(C)C(=O)OCCOCCOC. The Hall–Kier alpha value is -2.14. The number of nitrogens with zero attached hydrogens (tertiary/aromatic N) is 3. The van der Waals surface area contributed by atoms with E-state index in [9.17, 15) is 19.2 Å². The molecule has 0 aromatic carbocycles. The highest BCUT2D eigenvalue weighted by Gasteiger charge is 2.48. The predicted molar refractivity (Wildman–Crippen MR) is 216 cm³/mol. The number of amides is 1. The summed E-state index contributed by atoms with van der Waals surface area (Å²) in [5, 5.41) is 6.10. The Kier molecular flexibility index (Phi) is 26.9. The molecule has 14 nitrogen and oxygen atoms in total. The Labute approximate surface area is 335 Å². The van der Waals surface area contributed by atoms with Crippen molar-refractivity contribution in [2.24, 2.45) is 28.3 Å². The molecule has 0 aromatic rings. The van der Waals surface area contributed by atoms with Gasteiger partial charge in [-0.25, -0.2) is 0 Å². The summed E-state index contributed by atoms with van der Waals surface area (Å²) in [6.45, 7) is 10.8. The molecule has 0 spiro atoms. The minimum absolute atomic E-state index is 0.0216. The molecule has 0 aromatic heterocycles. The Balaban J connectivity index is 3.06. The smallest absolute Gasteiger partial charge is 0.313 e. The van der Waals surface area contributed by atoms with Gasteiger partial charge in [-0.15, -0.1) is 23.5 Å². The van der Waals surface area contributed by atoms with E-state index in [0.29, 0.717) is 16.7 Å². The van der Waals surface area contributed by atoms with Crippen molar-refractivity contribution in [3.05, 3.63) is 10.4 Å². The molecule has 0 saturated carbocycles. The average molecular weight is 821 g/mol. The number of rotatable bonds is 28. The van der Waals surface area contributed by atoms with Gasteiger partial charge in [-0.1, -0.05) is 95.9 Å². The van der Waals surface area contributed by atoms with Crippen molar-refractivity contribution in [1.29, 1.82) is 0 Å². The van der Waals surface area contributed by atoms with Crippen molar-refractivity contribution < 1.29 is 47.6 Å². The molecule has 1 amide bonds. The third kappa shape index (κ3) is 20.1. The first-order valence-electron chi connectivity index (χ1n) is 19.1. The Bertz CT molecular complexity index is 1190. The molecular weight excluding hydrogens is 757 g/mol. The number of methoxy groups -OCH3 is 1. The van der Waals surface area contributed by atoms with Crippen LogP contribution in [0.15, 0.2) is 5.11 Å². The standard InChI is InChI=1S/C37H64N4O10S3/c1-8-9-10-11-12-13-14-15-16-17-22-53-36(52)54-25-29(37(5,6)35(45)48-21-20-47-19-18-46-7)33(44)51-34-32(40-31(43)23-39-41-38)27(3)26(2)30(50-34)24-49-28(4)42/h26-27,29-30,32,34H,8-25H2,1-7H3,(H,40,43)/t26-,27-,29?,30?,32?,34-/m0/s1. The molecule has 0 radical (unpaired) electrons. The van der Waals surface area contributed by atoms with Crippen LogP contribution in [0, 0.1) is 23.2 Å². The summed E-state index contributed by atoms with van der Waals surface area (Å²) < 4.78 is 34.0. The molecule has 54 heavy (non-hydrogen) atoms. The molecule has 1 N–H and O–H groups in total. The minimum atomic E-state index is -1.36. The quantitative estimate of drug-likeness (QED) is 0.0157. The summed E-state index contributed by atoms with van der Waals surface area (Å²) >= 11 is 8.54. The first kappa shape index (κ1) is 49.9. The lowest BCUT2D eigenvalue weighted by atomic mass is 9.79. The van der Waals surface area contributed by atoms with Crippen LogP contribution in [0.3, 0.4) is 0 Å². The molecule has 3 unspecified atom stereocenters.